The summed E-state index contributed by atoms with van der Waals surface area (Å²) in [4.78, 5) is 15.3. The van der Waals surface area contributed by atoms with Gasteiger partial charge in [-0.05, 0) is 43.0 Å². The molecule has 1 aromatic carbocycles. The highest BCUT2D eigenvalue weighted by atomic mass is 15.2. The lowest BCUT2D eigenvalue weighted by atomic mass is 10.1. The summed E-state index contributed by atoms with van der Waals surface area (Å²) in [6.07, 6.45) is 9.26. The van der Waals surface area contributed by atoms with Gasteiger partial charge in [-0.1, -0.05) is 6.07 Å². The van der Waals surface area contributed by atoms with Gasteiger partial charge in [0, 0.05) is 36.4 Å². The van der Waals surface area contributed by atoms with Crippen molar-refractivity contribution < 1.29 is 0 Å². The van der Waals surface area contributed by atoms with Crippen molar-refractivity contribution in [3.8, 4) is 22.6 Å². The molecule has 0 aliphatic carbocycles. The number of hydrogen-bond donors (Lipinski definition) is 3. The third-order valence-corrected chi connectivity index (χ3v) is 5.66. The number of H-pyrrole nitrogens is 3. The monoisotopic (exact) mass is 384 g/mol. The number of hydrogen-bond acceptors (Lipinski definition) is 5. The molecule has 5 aromatic rings. The lowest BCUT2D eigenvalue weighted by molar-refractivity contribution is 0.574. The minimum atomic E-state index is 0.752. The number of aromatic amines is 3. The van der Waals surface area contributed by atoms with Crippen molar-refractivity contribution in [2.75, 3.05) is 18.0 Å². The number of benzene rings is 1. The fourth-order valence-corrected chi connectivity index (χ4v) is 4.15. The molecule has 0 radical (unpaired) electrons. The Morgan fingerprint density at radius 2 is 1.90 bits per heavy atom. The summed E-state index contributed by atoms with van der Waals surface area (Å²) in [7, 11) is 0. The molecule has 0 unspecified atom stereocenters. The van der Waals surface area contributed by atoms with Gasteiger partial charge in [-0.3, -0.25) is 10.2 Å². The number of imidazole rings is 1. The molecular weight excluding hydrogens is 364 g/mol. The molecule has 29 heavy (non-hydrogen) atoms. The summed E-state index contributed by atoms with van der Waals surface area (Å²) < 4.78 is 0. The van der Waals surface area contributed by atoms with Gasteiger partial charge in [0.15, 0.2) is 11.6 Å². The lowest BCUT2D eigenvalue weighted by Gasteiger charge is -2.27. The van der Waals surface area contributed by atoms with E-state index < -0.39 is 0 Å². The molecule has 8 nitrogen and oxygen atoms in total. The van der Waals surface area contributed by atoms with E-state index in [1.54, 1.807) is 0 Å². The molecule has 1 aliphatic heterocycles. The summed E-state index contributed by atoms with van der Waals surface area (Å²) >= 11 is 0. The van der Waals surface area contributed by atoms with Crippen molar-refractivity contribution in [1.82, 2.24) is 35.3 Å². The van der Waals surface area contributed by atoms with Crippen molar-refractivity contribution in [1.29, 1.82) is 0 Å². The molecule has 1 saturated heterocycles. The zero-order valence-corrected chi connectivity index (χ0v) is 15.8. The maximum Gasteiger partial charge on any atom is 0.159 e. The number of piperidine rings is 1. The van der Waals surface area contributed by atoms with Gasteiger partial charge >= 0.3 is 0 Å². The molecule has 8 heteroatoms. The lowest BCUT2D eigenvalue weighted by Crippen LogP contribution is -2.30. The van der Waals surface area contributed by atoms with E-state index in [2.05, 4.69) is 47.4 Å². The van der Waals surface area contributed by atoms with Gasteiger partial charge in [0.25, 0.3) is 0 Å². The normalized spacial score (nSPS) is 14.8. The molecule has 0 spiro atoms. The van der Waals surface area contributed by atoms with E-state index in [-0.39, 0.29) is 0 Å². The number of nitrogens with one attached hydrogen (secondary N) is 3. The molecule has 144 valence electrons. The average molecular weight is 384 g/mol. The van der Waals surface area contributed by atoms with Gasteiger partial charge in [0.05, 0.1) is 17.2 Å². The molecule has 6 rings (SSSR count). The number of anilines is 1. The maximum absolute atomic E-state index is 4.91. The van der Waals surface area contributed by atoms with Crippen LogP contribution in [0.3, 0.4) is 0 Å². The number of aromatic nitrogens is 7. The van der Waals surface area contributed by atoms with E-state index in [0.717, 1.165) is 63.5 Å². The molecule has 3 N–H and O–H groups in total. The van der Waals surface area contributed by atoms with Gasteiger partial charge in [-0.2, -0.15) is 10.2 Å². The number of fused-ring (bicyclic) bond motifs is 2. The van der Waals surface area contributed by atoms with Crippen LogP contribution in [0.15, 0.2) is 42.9 Å². The molecule has 0 bridgehead atoms. The number of nitrogens with zero attached hydrogens (tertiary/aromatic N) is 5. The Morgan fingerprint density at radius 1 is 0.966 bits per heavy atom. The van der Waals surface area contributed by atoms with Crippen molar-refractivity contribution in [3.05, 3.63) is 42.9 Å². The van der Waals surface area contributed by atoms with Gasteiger partial charge in [-0.15, -0.1) is 0 Å². The van der Waals surface area contributed by atoms with Crippen LogP contribution in [-0.4, -0.2) is 48.4 Å². The average Bonchev–Trinajstić information content (AvgIpc) is 3.52. The van der Waals surface area contributed by atoms with Gasteiger partial charge in [-0.25, -0.2) is 9.97 Å². The van der Waals surface area contributed by atoms with Crippen LogP contribution in [0.1, 0.15) is 19.3 Å². The van der Waals surface area contributed by atoms with Crippen molar-refractivity contribution in [3.63, 3.8) is 0 Å². The van der Waals surface area contributed by atoms with Gasteiger partial charge in [0.2, 0.25) is 0 Å². The van der Waals surface area contributed by atoms with Gasteiger partial charge < -0.3 is 9.88 Å². The van der Waals surface area contributed by atoms with E-state index in [4.69, 9.17) is 4.98 Å². The van der Waals surface area contributed by atoms with E-state index in [9.17, 15) is 0 Å². The van der Waals surface area contributed by atoms with Crippen LogP contribution in [0.5, 0.6) is 0 Å². The van der Waals surface area contributed by atoms with Crippen LogP contribution < -0.4 is 4.90 Å². The van der Waals surface area contributed by atoms with Gasteiger partial charge in [0.1, 0.15) is 11.2 Å². The molecular formula is C21H20N8. The van der Waals surface area contributed by atoms with E-state index in [0.29, 0.717) is 0 Å². The third kappa shape index (κ3) is 2.67. The molecule has 0 amide bonds. The summed E-state index contributed by atoms with van der Waals surface area (Å²) in [5.41, 5.74) is 5.80. The van der Waals surface area contributed by atoms with Crippen LogP contribution in [0.4, 0.5) is 5.82 Å². The Balaban J connectivity index is 1.48. The highest BCUT2D eigenvalue weighted by molar-refractivity contribution is 5.96. The van der Waals surface area contributed by atoms with Crippen molar-refractivity contribution >= 4 is 27.8 Å². The first-order valence-electron chi connectivity index (χ1n) is 9.94. The first-order chi connectivity index (χ1) is 14.4. The predicted molar refractivity (Wildman–Crippen MR) is 113 cm³/mol. The second-order valence-electron chi connectivity index (χ2n) is 7.48. The Morgan fingerprint density at radius 3 is 2.76 bits per heavy atom. The minimum absolute atomic E-state index is 0.752. The fraction of sp³-hybridized carbons (Fsp3) is 0.238. The minimum Gasteiger partial charge on any atom is -0.355 e. The predicted octanol–water partition coefficient (Wildman–Crippen LogP) is 3.88. The summed E-state index contributed by atoms with van der Waals surface area (Å²) in [6.45, 7) is 2.07. The Bertz CT molecular complexity index is 1290. The Kier molecular flexibility index (Phi) is 3.62. The maximum atomic E-state index is 4.91. The molecule has 0 atom stereocenters. The van der Waals surface area contributed by atoms with Crippen molar-refractivity contribution in [2.24, 2.45) is 0 Å². The molecule has 0 saturated carbocycles. The van der Waals surface area contributed by atoms with E-state index >= 15 is 0 Å². The van der Waals surface area contributed by atoms with E-state index in [1.807, 2.05) is 30.7 Å². The quantitative estimate of drug-likeness (QED) is 0.438. The highest BCUT2D eigenvalue weighted by Gasteiger charge is 2.19. The first-order valence-corrected chi connectivity index (χ1v) is 9.94. The summed E-state index contributed by atoms with van der Waals surface area (Å²) in [5, 5.41) is 15.6. The Labute approximate surface area is 166 Å². The SMILES string of the molecule is c1cc2[nH]c(-c3n[nH]c4ccc(-c5cn[nH]c5)cc34)nc2c(N2CCCCC2)n1. The molecule has 5 heterocycles. The smallest absolute Gasteiger partial charge is 0.159 e. The zero-order valence-electron chi connectivity index (χ0n) is 15.8. The first kappa shape index (κ1) is 16.3. The molecule has 4 aromatic heterocycles. The molecule has 1 aliphatic rings. The second kappa shape index (κ2) is 6.44. The van der Waals surface area contributed by atoms with Crippen LogP contribution in [0.2, 0.25) is 0 Å². The van der Waals surface area contributed by atoms with Crippen molar-refractivity contribution in [2.45, 2.75) is 19.3 Å². The highest BCUT2D eigenvalue weighted by Crippen LogP contribution is 2.32. The number of rotatable bonds is 3. The van der Waals surface area contributed by atoms with Crippen LogP contribution in [0, 0.1) is 0 Å². The van der Waals surface area contributed by atoms with E-state index in [1.165, 1.54) is 19.3 Å². The standard InChI is InChI=1S/C21H20N8/c1-2-8-29(9-3-1)21-19-17(6-7-22-21)25-20(26-19)18-15-10-13(14-11-23-24-12-14)4-5-16(15)27-28-18/h4-7,10-12H,1-3,8-9H2,(H,23,24)(H,25,26)(H,27,28). The Hall–Kier alpha value is -3.68. The largest absolute Gasteiger partial charge is 0.355 e. The summed E-state index contributed by atoms with van der Waals surface area (Å²) in [6, 6.07) is 8.20. The number of pyridine rings is 1. The topological polar surface area (TPSA) is 102 Å². The fourth-order valence-electron chi connectivity index (χ4n) is 4.15. The molecule has 1 fully saturated rings. The van der Waals surface area contributed by atoms with Crippen LogP contribution in [-0.2, 0) is 0 Å². The zero-order chi connectivity index (χ0) is 19.2. The van der Waals surface area contributed by atoms with Crippen LogP contribution in [0.25, 0.3) is 44.6 Å². The van der Waals surface area contributed by atoms with Crippen LogP contribution >= 0.6 is 0 Å². The summed E-state index contributed by atoms with van der Waals surface area (Å²) in [5.74, 6) is 1.71. The second-order valence-corrected chi connectivity index (χ2v) is 7.48. The third-order valence-electron chi connectivity index (χ3n) is 5.66.